The number of para-hydroxylation sites is 5. The van der Waals surface area contributed by atoms with Crippen molar-refractivity contribution in [2.45, 2.75) is 83.5 Å². The van der Waals surface area contributed by atoms with E-state index in [1.165, 1.54) is 21.9 Å². The van der Waals surface area contributed by atoms with E-state index in [-0.39, 0.29) is 22.2 Å². The van der Waals surface area contributed by atoms with Crippen LogP contribution in [0.1, 0.15) is 98.0 Å². The third kappa shape index (κ3) is 15.8. The molecule has 4 aliphatic heterocycles. The van der Waals surface area contributed by atoms with Crippen molar-refractivity contribution >= 4 is 117 Å². The number of hydrogen-bond acceptors (Lipinski definition) is 13. The van der Waals surface area contributed by atoms with Gasteiger partial charge in [-0.25, -0.2) is 19.9 Å². The van der Waals surface area contributed by atoms with Gasteiger partial charge in [0.15, 0.2) is 5.76 Å². The van der Waals surface area contributed by atoms with Gasteiger partial charge in [-0.3, -0.25) is 39.1 Å². The van der Waals surface area contributed by atoms with Gasteiger partial charge in [-0.2, -0.15) is 0 Å². The number of nitrogens with one attached hydrogen (secondary N) is 4. The van der Waals surface area contributed by atoms with Crippen LogP contribution in [0.4, 0.5) is 0 Å². The molecule has 0 spiro atoms. The van der Waals surface area contributed by atoms with Crippen LogP contribution in [0.3, 0.4) is 0 Å². The number of aromatic nitrogens is 8. The first kappa shape index (κ1) is 66.4. The van der Waals surface area contributed by atoms with Gasteiger partial charge in [-0.05, 0) is 133 Å². The highest BCUT2D eigenvalue weighted by Gasteiger charge is 2.19. The number of aryl methyl sites for hydroxylation is 4. The van der Waals surface area contributed by atoms with E-state index >= 15 is 0 Å². The van der Waals surface area contributed by atoms with Crippen LogP contribution in [-0.4, -0.2) is 62.7 Å². The molecule has 0 amide bonds. The Morgan fingerprint density at radius 2 is 0.748 bits per heavy atom. The summed E-state index contributed by atoms with van der Waals surface area (Å²) in [6, 6.07) is 62.0. The summed E-state index contributed by atoms with van der Waals surface area (Å²) in [6.07, 6.45) is 25.1. The van der Waals surface area contributed by atoms with Gasteiger partial charge in [0.05, 0.1) is 60.7 Å². The molecule has 0 fully saturated rings. The van der Waals surface area contributed by atoms with E-state index in [0.717, 1.165) is 159 Å². The summed E-state index contributed by atoms with van der Waals surface area (Å²) in [6.45, 7) is 0. The molecule has 103 heavy (non-hydrogen) atoms. The number of hydrogen-bond donors (Lipinski definition) is 4. The monoisotopic (exact) mass is 1370 g/mol. The molecule has 9 heterocycles. The van der Waals surface area contributed by atoms with E-state index in [0.29, 0.717) is 64.7 Å². The molecule has 13 aromatic rings. The predicted octanol–water partition coefficient (Wildman–Crippen LogP) is 17.2. The third-order valence-electron chi connectivity index (χ3n) is 18.5. The summed E-state index contributed by atoms with van der Waals surface area (Å²) in [5.74, 6) is 3.63. The highest BCUT2D eigenvalue weighted by molar-refractivity contribution is 6.30. The second kappa shape index (κ2) is 30.6. The van der Waals surface area contributed by atoms with Gasteiger partial charge in [-0.1, -0.05) is 169 Å². The Balaban J connectivity index is 0.000000111. The topological polar surface area (TPSA) is 246 Å². The number of rotatable bonds is 16. The number of benzene rings is 8. The van der Waals surface area contributed by atoms with Gasteiger partial charge in [0, 0.05) is 90.2 Å². The Morgan fingerprint density at radius 3 is 1.22 bits per heavy atom. The lowest BCUT2D eigenvalue weighted by atomic mass is 10.0. The molecular formula is C85H69ClN12O5. The van der Waals surface area contributed by atoms with Crippen molar-refractivity contribution in [1.29, 1.82) is 0 Å². The fourth-order valence-corrected chi connectivity index (χ4v) is 13.3. The van der Waals surface area contributed by atoms with Crippen molar-refractivity contribution < 1.29 is 4.42 Å². The molecule has 0 atom stereocenters. The molecule has 8 aromatic carbocycles. The molecule has 1 aliphatic carbocycles. The summed E-state index contributed by atoms with van der Waals surface area (Å²) in [7, 11) is 0. The number of H-pyrrole nitrogens is 4. The summed E-state index contributed by atoms with van der Waals surface area (Å²) < 4.78 is 5.89. The minimum Gasteiger partial charge on any atom is -0.454 e. The van der Waals surface area contributed by atoms with Crippen molar-refractivity contribution in [3.8, 4) is 0 Å². The van der Waals surface area contributed by atoms with Crippen molar-refractivity contribution in [3.05, 3.63) is 335 Å². The molecular weight excluding hydrogens is 1300 g/mol. The normalized spacial score (nSPS) is 14.4. The fraction of sp³-hybridized carbons (Fsp3) is 0.153. The van der Waals surface area contributed by atoms with E-state index in [2.05, 4.69) is 125 Å². The summed E-state index contributed by atoms with van der Waals surface area (Å²) in [5.41, 5.74) is 15.5. The van der Waals surface area contributed by atoms with Crippen LogP contribution in [0.2, 0.25) is 5.02 Å². The molecule has 0 radical (unpaired) electrons. The van der Waals surface area contributed by atoms with Gasteiger partial charge < -0.3 is 24.4 Å². The lowest BCUT2D eigenvalue weighted by Gasteiger charge is -2.06. The van der Waals surface area contributed by atoms with Crippen molar-refractivity contribution in [2.75, 3.05) is 0 Å². The Morgan fingerprint density at radius 1 is 0.359 bits per heavy atom. The first-order valence-electron chi connectivity index (χ1n) is 34.6. The van der Waals surface area contributed by atoms with Crippen LogP contribution in [0.25, 0.3) is 82.4 Å². The van der Waals surface area contributed by atoms with Crippen molar-refractivity contribution in [1.82, 2.24) is 39.9 Å². The maximum atomic E-state index is 12.2. The van der Waals surface area contributed by atoms with E-state index in [1.807, 2.05) is 127 Å². The number of aliphatic imine (C=N–C) groups is 4. The van der Waals surface area contributed by atoms with Gasteiger partial charge in [0.1, 0.15) is 34.6 Å². The lowest BCUT2D eigenvalue weighted by molar-refractivity contribution is 0.599. The van der Waals surface area contributed by atoms with E-state index in [4.69, 9.17) is 36.0 Å². The molecule has 18 rings (SSSR count). The molecule has 4 N–H and O–H groups in total. The molecule has 0 saturated carbocycles. The largest absolute Gasteiger partial charge is 0.454 e. The standard InChI is InChI=1S/C24H19N3O.C22H17N3O2.C20H16ClN3O.C19H17N3O/c28-24-20-9-3-4-11-21(20)26-23(27-24)15-13-17-12-14-22(25-17)19-10-5-7-16-6-1-2-8-18(16)19;26-22-16-6-2-3-7-17(16)24-21(25-22)12-10-15-9-11-18(23-15)20-13-14-5-1-4-8-19(14)27-20;21-14-7-5-13(6-8-14)17-11-9-15(22-17)10-12-19-23-18-4-2-1-3-16(18)20(25)24-19;23-19-15-7-3-4-8-17(15)21-18(22-19)12-10-14-9-11-16(20-14)13-5-1-2-6-13/h1-11,14H,12-13,15H2,(H,26,27,28);1-8,11,13H,9-10,12H2,(H,24,25,26);1-8,11H,9-10,12H2,(H,23,24,25);1-5,7-8,11H,6,9-10,12H2,(H,21,22,23). The zero-order valence-corrected chi connectivity index (χ0v) is 57.0. The fourth-order valence-electron chi connectivity index (χ4n) is 13.1. The van der Waals surface area contributed by atoms with Crippen LogP contribution in [0.15, 0.2) is 291 Å². The van der Waals surface area contributed by atoms with Crippen LogP contribution in [0.5, 0.6) is 0 Å². The second-order valence-corrected chi connectivity index (χ2v) is 25.9. The number of halogens is 1. The highest BCUT2D eigenvalue weighted by atomic mass is 35.5. The number of fused-ring (bicyclic) bond motifs is 6. The van der Waals surface area contributed by atoms with Crippen LogP contribution >= 0.6 is 11.6 Å². The maximum Gasteiger partial charge on any atom is 0.258 e. The molecule has 5 aliphatic rings. The third-order valence-corrected chi connectivity index (χ3v) is 18.7. The van der Waals surface area contributed by atoms with Crippen LogP contribution in [0, 0.1) is 0 Å². The number of furan rings is 1. The quantitative estimate of drug-likeness (QED) is 0.0717. The Kier molecular flexibility index (Phi) is 19.7. The zero-order chi connectivity index (χ0) is 70.0. The number of aromatic amines is 4. The first-order valence-corrected chi connectivity index (χ1v) is 35.0. The predicted molar refractivity (Wildman–Crippen MR) is 416 cm³/mol. The van der Waals surface area contributed by atoms with Gasteiger partial charge >= 0.3 is 0 Å². The number of nitrogens with zero attached hydrogens (tertiary/aromatic N) is 8. The lowest BCUT2D eigenvalue weighted by Crippen LogP contribution is -2.12. The molecule has 0 unspecified atom stereocenters. The SMILES string of the molecule is O=c1[nH]c(CCC2=NC(C3=CC=CC3)=CC2)nc2ccccc12.O=c1[nH]c(CCC2=NC(c3cc4ccccc4o3)=CC2)nc2ccccc12.O=c1[nH]c(CCC2=NC(c3ccc(Cl)cc3)=CC2)nc2ccccc12.O=c1[nH]c(CCC2=NC(c3cccc4ccccc34)=CC2)nc2ccccc12. The van der Waals surface area contributed by atoms with Crippen molar-refractivity contribution in [3.63, 3.8) is 0 Å². The summed E-state index contributed by atoms with van der Waals surface area (Å²) in [5, 5.41) is 6.75. The number of allylic oxidation sites excluding steroid dienone is 8. The minimum absolute atomic E-state index is 0.0695. The van der Waals surface area contributed by atoms with Gasteiger partial charge in [0.2, 0.25) is 0 Å². The molecule has 17 nitrogen and oxygen atoms in total. The molecule has 0 saturated heterocycles. The summed E-state index contributed by atoms with van der Waals surface area (Å²) >= 11 is 5.93. The van der Waals surface area contributed by atoms with Crippen LogP contribution < -0.4 is 22.2 Å². The molecule has 5 aromatic heterocycles. The highest BCUT2D eigenvalue weighted by Crippen LogP contribution is 2.33. The zero-order valence-electron chi connectivity index (χ0n) is 56.2. The average Bonchev–Trinajstić information content (AvgIpc) is 1.83. The van der Waals surface area contributed by atoms with E-state index < -0.39 is 0 Å². The van der Waals surface area contributed by atoms with Crippen LogP contribution in [-0.2, 0) is 25.7 Å². The Hall–Kier alpha value is -12.5. The average molecular weight is 1370 g/mol. The van der Waals surface area contributed by atoms with Gasteiger partial charge in [-0.15, -0.1) is 0 Å². The minimum atomic E-state index is -0.0925. The Bertz CT molecular complexity index is 6020. The second-order valence-electron chi connectivity index (χ2n) is 25.5. The van der Waals surface area contributed by atoms with Crippen molar-refractivity contribution in [2.24, 2.45) is 20.0 Å². The first-order chi connectivity index (χ1) is 50.5. The smallest absolute Gasteiger partial charge is 0.258 e. The molecule has 506 valence electrons. The molecule has 18 heteroatoms. The molecule has 0 bridgehead atoms. The van der Waals surface area contributed by atoms with E-state index in [1.54, 1.807) is 24.3 Å². The van der Waals surface area contributed by atoms with E-state index in [9.17, 15) is 19.2 Å². The summed E-state index contributed by atoms with van der Waals surface area (Å²) in [4.78, 5) is 97.3. The van der Waals surface area contributed by atoms with Gasteiger partial charge in [0.25, 0.3) is 22.2 Å². The Labute approximate surface area is 595 Å². The maximum absolute atomic E-state index is 12.2.